The number of likely N-dealkylation sites (tertiary alicyclic amines) is 1. The zero-order valence-electron chi connectivity index (χ0n) is 13.4. The third-order valence-electron chi connectivity index (χ3n) is 4.64. The summed E-state index contributed by atoms with van der Waals surface area (Å²) in [5.41, 5.74) is 0.770. The Bertz CT molecular complexity index is 541. The highest BCUT2D eigenvalue weighted by molar-refractivity contribution is 7.08. The number of methoxy groups -OCH3 is 1. The lowest BCUT2D eigenvalue weighted by atomic mass is 10.1. The standard InChI is InChI=1S/C16H23N3O3S/c1-22-10-9-18-4-2-14(16(18)21)17-5-7-19(8-6-17)15(20)13-3-11-23-12-13/h3,11-12,14H,2,4-10H2,1H3. The van der Waals surface area contributed by atoms with Crippen LogP contribution in [0.5, 0.6) is 0 Å². The first-order valence-electron chi connectivity index (χ1n) is 8.04. The fourth-order valence-corrected chi connectivity index (χ4v) is 3.92. The van der Waals surface area contributed by atoms with E-state index in [1.807, 2.05) is 26.6 Å². The molecular weight excluding hydrogens is 314 g/mol. The monoisotopic (exact) mass is 337 g/mol. The van der Waals surface area contributed by atoms with E-state index in [4.69, 9.17) is 4.74 Å². The Balaban J connectivity index is 1.51. The molecule has 23 heavy (non-hydrogen) atoms. The fourth-order valence-electron chi connectivity index (χ4n) is 3.29. The lowest BCUT2D eigenvalue weighted by Crippen LogP contribution is -2.53. The minimum atomic E-state index is -0.0229. The second-order valence-electron chi connectivity index (χ2n) is 5.96. The molecule has 0 aromatic carbocycles. The van der Waals surface area contributed by atoms with Crippen LogP contribution in [-0.2, 0) is 9.53 Å². The van der Waals surface area contributed by atoms with Gasteiger partial charge in [-0.1, -0.05) is 0 Å². The molecule has 3 heterocycles. The Morgan fingerprint density at radius 1 is 1.30 bits per heavy atom. The van der Waals surface area contributed by atoms with Crippen LogP contribution in [0.3, 0.4) is 0 Å². The van der Waals surface area contributed by atoms with Gasteiger partial charge in [0.05, 0.1) is 18.2 Å². The molecule has 126 valence electrons. The highest BCUT2D eigenvalue weighted by atomic mass is 32.1. The van der Waals surface area contributed by atoms with Crippen LogP contribution in [0.1, 0.15) is 16.8 Å². The first-order chi connectivity index (χ1) is 11.2. The molecule has 1 unspecified atom stereocenters. The van der Waals surface area contributed by atoms with E-state index in [0.29, 0.717) is 26.2 Å². The number of piperazine rings is 1. The van der Waals surface area contributed by atoms with E-state index >= 15 is 0 Å². The van der Waals surface area contributed by atoms with Gasteiger partial charge in [-0.25, -0.2) is 0 Å². The zero-order valence-corrected chi connectivity index (χ0v) is 14.3. The number of nitrogens with zero attached hydrogens (tertiary/aromatic N) is 3. The molecule has 2 fully saturated rings. The summed E-state index contributed by atoms with van der Waals surface area (Å²) >= 11 is 1.54. The van der Waals surface area contributed by atoms with Crippen LogP contribution in [0.4, 0.5) is 0 Å². The summed E-state index contributed by atoms with van der Waals surface area (Å²) in [6.07, 6.45) is 0.876. The number of hydrogen-bond donors (Lipinski definition) is 0. The van der Waals surface area contributed by atoms with Crippen molar-refractivity contribution in [1.29, 1.82) is 0 Å². The van der Waals surface area contributed by atoms with Gasteiger partial charge >= 0.3 is 0 Å². The maximum absolute atomic E-state index is 12.5. The van der Waals surface area contributed by atoms with Gasteiger partial charge in [0.15, 0.2) is 0 Å². The summed E-state index contributed by atoms with van der Waals surface area (Å²) in [4.78, 5) is 30.8. The molecule has 3 rings (SSSR count). The van der Waals surface area contributed by atoms with Gasteiger partial charge in [0.25, 0.3) is 5.91 Å². The Hall–Kier alpha value is -1.44. The van der Waals surface area contributed by atoms with Gasteiger partial charge in [-0.2, -0.15) is 11.3 Å². The first-order valence-corrected chi connectivity index (χ1v) is 8.98. The first kappa shape index (κ1) is 16.4. The summed E-state index contributed by atoms with van der Waals surface area (Å²) in [6, 6.07) is 1.85. The van der Waals surface area contributed by atoms with Crippen LogP contribution >= 0.6 is 11.3 Å². The van der Waals surface area contributed by atoms with Crippen molar-refractivity contribution in [1.82, 2.24) is 14.7 Å². The molecule has 0 N–H and O–H groups in total. The van der Waals surface area contributed by atoms with Gasteiger partial charge in [0.1, 0.15) is 0 Å². The fraction of sp³-hybridized carbons (Fsp3) is 0.625. The second kappa shape index (κ2) is 7.42. The molecule has 0 radical (unpaired) electrons. The molecule has 1 aromatic heterocycles. The summed E-state index contributed by atoms with van der Waals surface area (Å²) in [5.74, 6) is 0.310. The van der Waals surface area contributed by atoms with E-state index in [2.05, 4.69) is 4.90 Å². The maximum atomic E-state index is 12.5. The molecule has 0 saturated carbocycles. The Kier molecular flexibility index (Phi) is 5.30. The minimum absolute atomic E-state index is 0.0229. The topological polar surface area (TPSA) is 53.1 Å². The number of carbonyl (C=O) groups is 2. The minimum Gasteiger partial charge on any atom is -0.383 e. The van der Waals surface area contributed by atoms with E-state index in [-0.39, 0.29) is 17.9 Å². The lowest BCUT2D eigenvalue weighted by Gasteiger charge is -2.37. The lowest BCUT2D eigenvalue weighted by molar-refractivity contribution is -0.133. The Labute approximate surface area is 140 Å². The number of amides is 2. The van der Waals surface area contributed by atoms with Crippen LogP contribution < -0.4 is 0 Å². The molecular formula is C16H23N3O3S. The van der Waals surface area contributed by atoms with Crippen LogP contribution in [0.2, 0.25) is 0 Å². The number of rotatable bonds is 5. The molecule has 0 bridgehead atoms. The molecule has 1 aromatic rings. The molecule has 7 heteroatoms. The van der Waals surface area contributed by atoms with Crippen molar-refractivity contribution in [3.05, 3.63) is 22.4 Å². The third-order valence-corrected chi connectivity index (χ3v) is 5.33. The second-order valence-corrected chi connectivity index (χ2v) is 6.74. The average Bonchev–Trinajstić information content (AvgIpc) is 3.23. The van der Waals surface area contributed by atoms with E-state index in [1.54, 1.807) is 18.4 Å². The van der Waals surface area contributed by atoms with Crippen LogP contribution in [0, 0.1) is 0 Å². The predicted molar refractivity (Wildman–Crippen MR) is 88.7 cm³/mol. The smallest absolute Gasteiger partial charge is 0.254 e. The van der Waals surface area contributed by atoms with Gasteiger partial charge in [0.2, 0.25) is 5.91 Å². The normalized spacial score (nSPS) is 22.8. The van der Waals surface area contributed by atoms with Crippen molar-refractivity contribution in [2.75, 3.05) is 53.0 Å². The molecule has 6 nitrogen and oxygen atoms in total. The number of hydrogen-bond acceptors (Lipinski definition) is 5. The Morgan fingerprint density at radius 2 is 2.09 bits per heavy atom. The van der Waals surface area contributed by atoms with Gasteiger partial charge in [-0.15, -0.1) is 0 Å². The molecule has 2 aliphatic rings. The zero-order chi connectivity index (χ0) is 16.2. The van der Waals surface area contributed by atoms with Crippen molar-refractivity contribution in [2.24, 2.45) is 0 Å². The van der Waals surface area contributed by atoms with E-state index < -0.39 is 0 Å². The number of ether oxygens (including phenoxy) is 1. The largest absolute Gasteiger partial charge is 0.383 e. The molecule has 1 atom stereocenters. The van der Waals surface area contributed by atoms with Crippen LogP contribution in [0.25, 0.3) is 0 Å². The molecule has 2 aliphatic heterocycles. The molecule has 2 saturated heterocycles. The SMILES string of the molecule is COCCN1CCC(N2CCN(C(=O)c3ccsc3)CC2)C1=O. The Morgan fingerprint density at radius 3 is 2.74 bits per heavy atom. The van der Waals surface area contributed by atoms with Crippen LogP contribution in [-0.4, -0.2) is 85.5 Å². The maximum Gasteiger partial charge on any atom is 0.254 e. The highest BCUT2D eigenvalue weighted by Crippen LogP contribution is 2.20. The van der Waals surface area contributed by atoms with Crippen molar-refractivity contribution in [3.8, 4) is 0 Å². The van der Waals surface area contributed by atoms with Crippen LogP contribution in [0.15, 0.2) is 16.8 Å². The summed E-state index contributed by atoms with van der Waals surface area (Å²) in [5, 5.41) is 3.82. The van der Waals surface area contributed by atoms with E-state index in [0.717, 1.165) is 31.6 Å². The van der Waals surface area contributed by atoms with Gasteiger partial charge < -0.3 is 14.5 Å². The predicted octanol–water partition coefficient (Wildman–Crippen LogP) is 0.753. The molecule has 2 amide bonds. The number of thiophene rings is 1. The summed E-state index contributed by atoms with van der Waals surface area (Å²) in [6.45, 7) is 4.98. The van der Waals surface area contributed by atoms with Crippen molar-refractivity contribution in [3.63, 3.8) is 0 Å². The molecule has 0 spiro atoms. The van der Waals surface area contributed by atoms with Crippen molar-refractivity contribution >= 4 is 23.2 Å². The average molecular weight is 337 g/mol. The summed E-state index contributed by atoms with van der Waals surface area (Å²) in [7, 11) is 1.65. The quantitative estimate of drug-likeness (QED) is 0.796. The van der Waals surface area contributed by atoms with Gasteiger partial charge in [0, 0.05) is 51.8 Å². The van der Waals surface area contributed by atoms with Gasteiger partial charge in [-0.3, -0.25) is 14.5 Å². The van der Waals surface area contributed by atoms with Gasteiger partial charge in [-0.05, 0) is 17.9 Å². The highest BCUT2D eigenvalue weighted by Gasteiger charge is 2.37. The summed E-state index contributed by atoms with van der Waals surface area (Å²) < 4.78 is 5.06. The van der Waals surface area contributed by atoms with E-state index in [9.17, 15) is 9.59 Å². The van der Waals surface area contributed by atoms with E-state index in [1.165, 1.54) is 0 Å². The van der Waals surface area contributed by atoms with Crippen molar-refractivity contribution < 1.29 is 14.3 Å². The third kappa shape index (κ3) is 3.57. The molecule has 0 aliphatic carbocycles. The van der Waals surface area contributed by atoms with Crippen molar-refractivity contribution in [2.45, 2.75) is 12.5 Å². The number of carbonyl (C=O) groups excluding carboxylic acids is 2.